The number of rotatable bonds is 7. The minimum atomic E-state index is -0.0930. The maximum Gasteiger partial charge on any atom is 0.251 e. The Hall–Kier alpha value is -2.62. The molecule has 2 aromatic carbocycles. The van der Waals surface area contributed by atoms with Crippen molar-refractivity contribution in [1.82, 2.24) is 10.2 Å². The van der Waals surface area contributed by atoms with E-state index in [1.165, 1.54) is 5.56 Å². The van der Waals surface area contributed by atoms with E-state index in [-0.39, 0.29) is 11.8 Å². The lowest BCUT2D eigenvalue weighted by Gasteiger charge is -2.23. The fraction of sp³-hybridized carbons (Fsp3) is 0.333. The van der Waals surface area contributed by atoms with Gasteiger partial charge in [-0.1, -0.05) is 42.5 Å². The molecule has 2 amide bonds. The normalized spacial score (nSPS) is 13.3. The molecule has 2 aromatic rings. The molecule has 1 saturated carbocycles. The Morgan fingerprint density at radius 2 is 1.68 bits per heavy atom. The number of aryl methyl sites for hydroxylation is 1. The van der Waals surface area contributed by atoms with Crippen molar-refractivity contribution >= 4 is 11.8 Å². The van der Waals surface area contributed by atoms with Crippen molar-refractivity contribution in [3.8, 4) is 0 Å². The van der Waals surface area contributed by atoms with Crippen LogP contribution in [-0.2, 0) is 17.8 Å². The molecular weight excluding hydrogens is 312 g/mol. The summed E-state index contributed by atoms with van der Waals surface area (Å²) in [6.07, 6.45) is 3.50. The molecule has 0 bridgehead atoms. The molecule has 1 aliphatic rings. The average Bonchev–Trinajstić information content (AvgIpc) is 3.50. The smallest absolute Gasteiger partial charge is 0.251 e. The van der Waals surface area contributed by atoms with Crippen LogP contribution in [0.25, 0.3) is 0 Å². The first-order valence-corrected chi connectivity index (χ1v) is 8.82. The summed E-state index contributed by atoms with van der Waals surface area (Å²) in [5.74, 6) is 0.117. The largest absolute Gasteiger partial charge is 0.355 e. The van der Waals surface area contributed by atoms with E-state index in [0.29, 0.717) is 24.6 Å². The minimum absolute atomic E-state index is 0.0930. The second-order valence-electron chi connectivity index (χ2n) is 6.51. The predicted molar refractivity (Wildman–Crippen MR) is 98.2 cm³/mol. The monoisotopic (exact) mass is 336 g/mol. The number of hydrogen-bond acceptors (Lipinski definition) is 2. The zero-order chi connectivity index (χ0) is 17.6. The van der Waals surface area contributed by atoms with Crippen molar-refractivity contribution in [1.29, 1.82) is 0 Å². The van der Waals surface area contributed by atoms with Gasteiger partial charge in [-0.15, -0.1) is 0 Å². The third kappa shape index (κ3) is 4.69. The fourth-order valence-corrected chi connectivity index (χ4v) is 2.95. The van der Waals surface area contributed by atoms with Gasteiger partial charge in [0, 0.05) is 31.6 Å². The Kier molecular flexibility index (Phi) is 5.49. The third-order valence-electron chi connectivity index (χ3n) is 4.57. The lowest BCUT2D eigenvalue weighted by Crippen LogP contribution is -2.32. The van der Waals surface area contributed by atoms with Crippen LogP contribution in [0.5, 0.6) is 0 Å². The molecule has 25 heavy (non-hydrogen) atoms. The molecule has 1 N–H and O–H groups in total. The maximum absolute atomic E-state index is 12.7. The average molecular weight is 336 g/mol. The standard InChI is InChI=1S/C21H24N2O2/c1-22-21(25)18-10-7-17(8-11-18)15-23(19-12-13-19)20(24)14-9-16-5-3-2-4-6-16/h2-8,10-11,19H,9,12-15H2,1H3,(H,22,25). The maximum atomic E-state index is 12.7. The summed E-state index contributed by atoms with van der Waals surface area (Å²) in [6, 6.07) is 18.0. The zero-order valence-electron chi connectivity index (χ0n) is 14.6. The molecule has 4 heteroatoms. The van der Waals surface area contributed by atoms with Crippen LogP contribution in [0, 0.1) is 0 Å². The van der Waals surface area contributed by atoms with Gasteiger partial charge in [-0.05, 0) is 42.5 Å². The molecule has 0 radical (unpaired) electrons. The van der Waals surface area contributed by atoms with Crippen molar-refractivity contribution in [3.63, 3.8) is 0 Å². The predicted octanol–water partition coefficient (Wildman–Crippen LogP) is 3.17. The number of amides is 2. The fourth-order valence-electron chi connectivity index (χ4n) is 2.95. The highest BCUT2D eigenvalue weighted by atomic mass is 16.2. The summed E-state index contributed by atoms with van der Waals surface area (Å²) in [5.41, 5.74) is 2.90. The van der Waals surface area contributed by atoms with E-state index >= 15 is 0 Å². The van der Waals surface area contributed by atoms with Gasteiger partial charge in [0.2, 0.25) is 5.91 Å². The first kappa shape index (κ1) is 17.2. The molecule has 0 atom stereocenters. The first-order chi connectivity index (χ1) is 12.2. The van der Waals surface area contributed by atoms with Crippen LogP contribution in [0.15, 0.2) is 54.6 Å². The van der Waals surface area contributed by atoms with Crippen molar-refractivity contribution in [3.05, 3.63) is 71.3 Å². The van der Waals surface area contributed by atoms with Crippen LogP contribution < -0.4 is 5.32 Å². The van der Waals surface area contributed by atoms with Gasteiger partial charge in [0.25, 0.3) is 5.91 Å². The SMILES string of the molecule is CNC(=O)c1ccc(CN(C(=O)CCc2ccccc2)C2CC2)cc1. The Bertz CT molecular complexity index is 721. The molecule has 0 aliphatic heterocycles. The van der Waals surface area contributed by atoms with Crippen LogP contribution in [0.2, 0.25) is 0 Å². The Morgan fingerprint density at radius 3 is 2.28 bits per heavy atom. The molecular formula is C21H24N2O2. The molecule has 3 rings (SSSR count). The van der Waals surface area contributed by atoms with E-state index in [9.17, 15) is 9.59 Å². The molecule has 4 nitrogen and oxygen atoms in total. The first-order valence-electron chi connectivity index (χ1n) is 8.82. The highest BCUT2D eigenvalue weighted by Gasteiger charge is 2.32. The van der Waals surface area contributed by atoms with Crippen LogP contribution in [-0.4, -0.2) is 29.8 Å². The van der Waals surface area contributed by atoms with Crippen molar-refractivity contribution in [2.24, 2.45) is 0 Å². The number of carbonyl (C=O) groups excluding carboxylic acids is 2. The van der Waals surface area contributed by atoms with Crippen LogP contribution >= 0.6 is 0 Å². The molecule has 130 valence electrons. The van der Waals surface area contributed by atoms with Crippen molar-refractivity contribution in [2.45, 2.75) is 38.3 Å². The Labute approximate surface area is 148 Å². The Morgan fingerprint density at radius 1 is 1.00 bits per heavy atom. The third-order valence-corrected chi connectivity index (χ3v) is 4.57. The molecule has 0 unspecified atom stereocenters. The molecule has 0 spiro atoms. The van der Waals surface area contributed by atoms with Gasteiger partial charge in [-0.2, -0.15) is 0 Å². The van der Waals surface area contributed by atoms with Crippen LogP contribution in [0.4, 0.5) is 0 Å². The highest BCUT2D eigenvalue weighted by Crippen LogP contribution is 2.29. The molecule has 0 saturated heterocycles. The van der Waals surface area contributed by atoms with E-state index in [0.717, 1.165) is 24.8 Å². The summed E-state index contributed by atoms with van der Waals surface area (Å²) in [6.45, 7) is 0.617. The summed E-state index contributed by atoms with van der Waals surface area (Å²) in [4.78, 5) is 26.3. The quantitative estimate of drug-likeness (QED) is 0.844. The molecule has 0 heterocycles. The highest BCUT2D eigenvalue weighted by molar-refractivity contribution is 5.93. The van der Waals surface area contributed by atoms with E-state index < -0.39 is 0 Å². The molecule has 0 aromatic heterocycles. The summed E-state index contributed by atoms with van der Waals surface area (Å²) >= 11 is 0. The Balaban J connectivity index is 1.61. The van der Waals surface area contributed by atoms with E-state index in [1.54, 1.807) is 7.05 Å². The summed E-state index contributed by atoms with van der Waals surface area (Å²) in [5, 5.41) is 2.62. The molecule has 1 fully saturated rings. The number of carbonyl (C=O) groups is 2. The van der Waals surface area contributed by atoms with Crippen molar-refractivity contribution < 1.29 is 9.59 Å². The molecule has 1 aliphatic carbocycles. The lowest BCUT2D eigenvalue weighted by atomic mass is 10.1. The zero-order valence-corrected chi connectivity index (χ0v) is 14.6. The number of nitrogens with one attached hydrogen (secondary N) is 1. The lowest BCUT2D eigenvalue weighted by molar-refractivity contribution is -0.132. The van der Waals surface area contributed by atoms with Gasteiger partial charge in [0.1, 0.15) is 0 Å². The summed E-state index contributed by atoms with van der Waals surface area (Å²) < 4.78 is 0. The van der Waals surface area contributed by atoms with Gasteiger partial charge >= 0.3 is 0 Å². The van der Waals surface area contributed by atoms with Gasteiger partial charge in [-0.25, -0.2) is 0 Å². The topological polar surface area (TPSA) is 49.4 Å². The van der Waals surface area contributed by atoms with Crippen LogP contribution in [0.3, 0.4) is 0 Å². The van der Waals surface area contributed by atoms with Crippen molar-refractivity contribution in [2.75, 3.05) is 7.05 Å². The van der Waals surface area contributed by atoms with Gasteiger partial charge in [0.15, 0.2) is 0 Å². The van der Waals surface area contributed by atoms with Gasteiger partial charge in [-0.3, -0.25) is 9.59 Å². The number of nitrogens with zero attached hydrogens (tertiary/aromatic N) is 1. The van der Waals surface area contributed by atoms with E-state index in [4.69, 9.17) is 0 Å². The number of hydrogen-bond donors (Lipinski definition) is 1. The van der Waals surface area contributed by atoms with Crippen LogP contribution in [0.1, 0.15) is 40.7 Å². The van der Waals surface area contributed by atoms with E-state index in [2.05, 4.69) is 17.4 Å². The summed E-state index contributed by atoms with van der Waals surface area (Å²) in [7, 11) is 1.62. The second kappa shape index (κ2) is 7.97. The number of benzene rings is 2. The second-order valence-corrected chi connectivity index (χ2v) is 6.51. The van der Waals surface area contributed by atoms with Gasteiger partial charge < -0.3 is 10.2 Å². The minimum Gasteiger partial charge on any atom is -0.355 e. The van der Waals surface area contributed by atoms with E-state index in [1.807, 2.05) is 47.4 Å². The van der Waals surface area contributed by atoms with Gasteiger partial charge in [0.05, 0.1) is 0 Å².